The topological polar surface area (TPSA) is 105 Å². The zero-order chi connectivity index (χ0) is 15.0. The maximum absolute atomic E-state index is 11.5. The van der Waals surface area contributed by atoms with E-state index in [9.17, 15) is 14.4 Å². The Balaban J connectivity index is 2.16. The van der Waals surface area contributed by atoms with Gasteiger partial charge >= 0.3 is 12.0 Å². The second kappa shape index (κ2) is 8.80. The summed E-state index contributed by atoms with van der Waals surface area (Å²) in [6.45, 7) is -1.01. The molecule has 0 saturated heterocycles. The van der Waals surface area contributed by atoms with Crippen LogP contribution in [0.4, 0.5) is 4.79 Å². The van der Waals surface area contributed by atoms with Gasteiger partial charge in [-0.1, -0.05) is 0 Å². The number of ether oxygens (including phenoxy) is 1. The summed E-state index contributed by atoms with van der Waals surface area (Å²) in [4.78, 5) is 33.0. The minimum Gasteiger partial charge on any atom is -0.480 e. The zero-order valence-corrected chi connectivity index (χ0v) is 12.2. The van der Waals surface area contributed by atoms with Crippen LogP contribution in [0.1, 0.15) is 25.7 Å². The highest BCUT2D eigenvalue weighted by Crippen LogP contribution is 2.26. The molecule has 114 valence electrons. The molecule has 0 spiro atoms. The van der Waals surface area contributed by atoms with E-state index in [1.54, 1.807) is 0 Å². The molecule has 20 heavy (non-hydrogen) atoms. The van der Waals surface area contributed by atoms with E-state index in [0.29, 0.717) is 5.25 Å². The quantitative estimate of drug-likeness (QED) is 0.663. The van der Waals surface area contributed by atoms with E-state index in [1.807, 2.05) is 11.8 Å². The molecule has 1 aliphatic rings. The fourth-order valence-corrected chi connectivity index (χ4v) is 2.80. The summed E-state index contributed by atoms with van der Waals surface area (Å²) in [5.41, 5.74) is 0. The fourth-order valence-electron chi connectivity index (χ4n) is 2.06. The lowest BCUT2D eigenvalue weighted by molar-refractivity contribution is -0.143. The van der Waals surface area contributed by atoms with Gasteiger partial charge in [0.15, 0.2) is 0 Å². The van der Waals surface area contributed by atoms with Gasteiger partial charge in [-0.15, -0.1) is 0 Å². The number of carbonyl (C=O) groups is 3. The predicted octanol–water partition coefficient (Wildman–Crippen LogP) is 0.588. The lowest BCUT2D eigenvalue weighted by Gasteiger charge is -2.27. The molecular formula is C12H20N2O5S. The van der Waals surface area contributed by atoms with Gasteiger partial charge in [0.25, 0.3) is 5.91 Å². The first-order valence-electron chi connectivity index (χ1n) is 6.44. The van der Waals surface area contributed by atoms with E-state index in [4.69, 9.17) is 5.11 Å². The zero-order valence-electron chi connectivity index (χ0n) is 11.4. The van der Waals surface area contributed by atoms with Crippen LogP contribution in [0.15, 0.2) is 0 Å². The van der Waals surface area contributed by atoms with E-state index < -0.39 is 31.1 Å². The van der Waals surface area contributed by atoms with Crippen LogP contribution in [0.5, 0.6) is 0 Å². The van der Waals surface area contributed by atoms with Crippen LogP contribution in [0.3, 0.4) is 0 Å². The predicted molar refractivity (Wildman–Crippen MR) is 74.7 cm³/mol. The summed E-state index contributed by atoms with van der Waals surface area (Å²) in [6, 6.07) is -0.465. The molecule has 7 nitrogen and oxygen atoms in total. The molecule has 1 aliphatic carbocycles. The minimum absolute atomic E-state index is 0.0890. The summed E-state index contributed by atoms with van der Waals surface area (Å²) in [6.07, 6.45) is 6.01. The lowest BCUT2D eigenvalue weighted by Crippen LogP contribution is -2.46. The second-order valence-electron chi connectivity index (χ2n) is 4.62. The highest BCUT2D eigenvalue weighted by molar-refractivity contribution is 7.99. The summed E-state index contributed by atoms with van der Waals surface area (Å²) in [5, 5.41) is 13.8. The van der Waals surface area contributed by atoms with Crippen molar-refractivity contribution in [3.8, 4) is 0 Å². The van der Waals surface area contributed by atoms with Crippen LogP contribution in [-0.4, -0.2) is 53.8 Å². The van der Waals surface area contributed by atoms with E-state index >= 15 is 0 Å². The van der Waals surface area contributed by atoms with Gasteiger partial charge in [0, 0.05) is 11.3 Å². The average Bonchev–Trinajstić information content (AvgIpc) is 2.38. The number of hydrogen-bond donors (Lipinski definition) is 3. The molecule has 0 radical (unpaired) electrons. The number of carboxylic acids is 1. The van der Waals surface area contributed by atoms with Crippen molar-refractivity contribution >= 4 is 29.7 Å². The SMILES string of the molecule is CSC1CCC(NC(=O)NC(=O)COCC(=O)O)CC1. The Morgan fingerprint density at radius 3 is 2.40 bits per heavy atom. The van der Waals surface area contributed by atoms with Crippen LogP contribution in [0, 0.1) is 0 Å². The maximum atomic E-state index is 11.5. The first kappa shape index (κ1) is 16.8. The minimum atomic E-state index is -1.16. The number of rotatable bonds is 6. The van der Waals surface area contributed by atoms with Crippen molar-refractivity contribution in [2.45, 2.75) is 37.0 Å². The fraction of sp³-hybridized carbons (Fsp3) is 0.750. The molecular weight excluding hydrogens is 284 g/mol. The van der Waals surface area contributed by atoms with Gasteiger partial charge in [-0.2, -0.15) is 11.8 Å². The average molecular weight is 304 g/mol. The summed E-state index contributed by atoms with van der Waals surface area (Å²) in [5.74, 6) is -1.81. The molecule has 0 aromatic heterocycles. The van der Waals surface area contributed by atoms with Gasteiger partial charge in [0.2, 0.25) is 0 Å². The Kier molecular flexibility index (Phi) is 7.38. The van der Waals surface area contributed by atoms with Crippen molar-refractivity contribution in [3.05, 3.63) is 0 Å². The van der Waals surface area contributed by atoms with Crippen molar-refractivity contribution in [2.24, 2.45) is 0 Å². The van der Waals surface area contributed by atoms with Gasteiger partial charge in [0.1, 0.15) is 13.2 Å². The number of carbonyl (C=O) groups excluding carboxylic acids is 2. The molecule has 3 N–H and O–H groups in total. The van der Waals surface area contributed by atoms with Crippen molar-refractivity contribution in [1.29, 1.82) is 0 Å². The number of urea groups is 1. The summed E-state index contributed by atoms with van der Waals surface area (Å²) < 4.78 is 4.58. The molecule has 0 atom stereocenters. The third-order valence-electron chi connectivity index (χ3n) is 3.05. The molecule has 1 rings (SSSR count). The van der Waals surface area contributed by atoms with E-state index in [1.165, 1.54) is 0 Å². The number of carboxylic acid groups (broad SMARTS) is 1. The molecule has 1 saturated carbocycles. The van der Waals surface area contributed by atoms with Crippen LogP contribution in [0.25, 0.3) is 0 Å². The van der Waals surface area contributed by atoms with E-state index in [0.717, 1.165) is 25.7 Å². The largest absolute Gasteiger partial charge is 0.480 e. The first-order valence-corrected chi connectivity index (χ1v) is 7.72. The smallest absolute Gasteiger partial charge is 0.329 e. The summed E-state index contributed by atoms with van der Waals surface area (Å²) in [7, 11) is 0. The molecule has 0 aromatic rings. The van der Waals surface area contributed by atoms with Crippen molar-refractivity contribution in [1.82, 2.24) is 10.6 Å². The lowest BCUT2D eigenvalue weighted by atomic mass is 9.95. The third kappa shape index (κ3) is 6.76. The Hall–Kier alpha value is -1.28. The number of amides is 3. The molecule has 1 fully saturated rings. The van der Waals surface area contributed by atoms with Crippen molar-refractivity contribution in [2.75, 3.05) is 19.5 Å². The molecule has 0 unspecified atom stereocenters. The highest BCUT2D eigenvalue weighted by atomic mass is 32.2. The van der Waals surface area contributed by atoms with Crippen LogP contribution in [0.2, 0.25) is 0 Å². The number of nitrogens with one attached hydrogen (secondary N) is 2. The van der Waals surface area contributed by atoms with Crippen molar-refractivity contribution in [3.63, 3.8) is 0 Å². The number of hydrogen-bond acceptors (Lipinski definition) is 5. The highest BCUT2D eigenvalue weighted by Gasteiger charge is 2.22. The van der Waals surface area contributed by atoms with Crippen LogP contribution < -0.4 is 10.6 Å². The van der Waals surface area contributed by atoms with Gasteiger partial charge < -0.3 is 15.2 Å². The molecule has 3 amide bonds. The monoisotopic (exact) mass is 304 g/mol. The normalized spacial score (nSPS) is 22.1. The van der Waals surface area contributed by atoms with Crippen molar-refractivity contribution < 1.29 is 24.2 Å². The molecule has 0 aliphatic heterocycles. The van der Waals surface area contributed by atoms with Gasteiger partial charge in [0.05, 0.1) is 0 Å². The van der Waals surface area contributed by atoms with E-state index in [2.05, 4.69) is 21.6 Å². The van der Waals surface area contributed by atoms with Gasteiger partial charge in [-0.3, -0.25) is 10.1 Å². The molecule has 0 aromatic carbocycles. The first-order chi connectivity index (χ1) is 9.51. The molecule has 0 heterocycles. The standard InChI is InChI=1S/C12H20N2O5S/c1-20-9-4-2-8(3-5-9)13-12(18)14-10(15)6-19-7-11(16)17/h8-9H,2-7H2,1H3,(H,16,17)(H2,13,14,15,18). The third-order valence-corrected chi connectivity index (χ3v) is 4.19. The number of thioether (sulfide) groups is 1. The van der Waals surface area contributed by atoms with Crippen LogP contribution >= 0.6 is 11.8 Å². The Labute approximate surface area is 121 Å². The Bertz CT molecular complexity index is 356. The Morgan fingerprint density at radius 2 is 1.85 bits per heavy atom. The maximum Gasteiger partial charge on any atom is 0.329 e. The summed E-state index contributed by atoms with van der Waals surface area (Å²) >= 11 is 1.84. The number of imide groups is 1. The molecule has 0 bridgehead atoms. The Morgan fingerprint density at radius 1 is 1.20 bits per heavy atom. The second-order valence-corrected chi connectivity index (χ2v) is 5.76. The molecule has 8 heteroatoms. The van der Waals surface area contributed by atoms with Crippen LogP contribution in [-0.2, 0) is 14.3 Å². The van der Waals surface area contributed by atoms with Gasteiger partial charge in [-0.25, -0.2) is 9.59 Å². The van der Waals surface area contributed by atoms with E-state index in [-0.39, 0.29) is 6.04 Å². The van der Waals surface area contributed by atoms with Gasteiger partial charge in [-0.05, 0) is 31.9 Å². The number of aliphatic carboxylic acids is 1.